The molecule has 0 spiro atoms. The number of aryl methyl sites for hydroxylation is 1. The van der Waals surface area contributed by atoms with Crippen LogP contribution in [0.3, 0.4) is 0 Å². The number of nitrogens with one attached hydrogen (secondary N) is 1. The number of nitrogens with zero attached hydrogens (tertiary/aromatic N) is 2. The maximum atomic E-state index is 12.6. The van der Waals surface area contributed by atoms with E-state index in [0.29, 0.717) is 12.6 Å². The van der Waals surface area contributed by atoms with Gasteiger partial charge in [-0.25, -0.2) is 4.98 Å². The van der Waals surface area contributed by atoms with E-state index in [-0.39, 0.29) is 5.91 Å². The summed E-state index contributed by atoms with van der Waals surface area (Å²) in [6.45, 7) is 3.23. The molecule has 1 aromatic heterocycles. The summed E-state index contributed by atoms with van der Waals surface area (Å²) in [7, 11) is 0. The van der Waals surface area contributed by atoms with Gasteiger partial charge in [-0.15, -0.1) is 11.3 Å². The van der Waals surface area contributed by atoms with Crippen molar-refractivity contribution in [3.63, 3.8) is 0 Å². The second-order valence-electron chi connectivity index (χ2n) is 7.00. The van der Waals surface area contributed by atoms with E-state index in [0.717, 1.165) is 28.5 Å². The molecule has 0 radical (unpaired) electrons. The van der Waals surface area contributed by atoms with Crippen LogP contribution < -0.4 is 5.32 Å². The molecule has 1 N–H and O–H groups in total. The molecule has 4 rings (SSSR count). The zero-order valence-electron chi connectivity index (χ0n) is 15.4. The molecule has 0 aliphatic heterocycles. The Bertz CT molecular complexity index is 918. The van der Waals surface area contributed by atoms with Gasteiger partial charge in [-0.05, 0) is 37.5 Å². The summed E-state index contributed by atoms with van der Waals surface area (Å²) in [5, 5.41) is 6.14. The van der Waals surface area contributed by atoms with Crippen LogP contribution in [0.5, 0.6) is 0 Å². The Balaban J connectivity index is 1.41. The standard InChI is InChI=1S/C22H23N3OS/c1-16-23-21(15-27-16)18-8-5-9-19(12-18)24-22(26)14-25(20-10-11-20)13-17-6-3-2-4-7-17/h2-9,12,15,20H,10-11,13-14H2,1H3,(H,24,26). The lowest BCUT2D eigenvalue weighted by molar-refractivity contribution is -0.117. The number of hydrogen-bond donors (Lipinski definition) is 1. The van der Waals surface area contributed by atoms with Crippen LogP contribution in [0.25, 0.3) is 11.3 Å². The Morgan fingerprint density at radius 2 is 2.00 bits per heavy atom. The fraction of sp³-hybridized carbons (Fsp3) is 0.273. The Hall–Kier alpha value is -2.50. The lowest BCUT2D eigenvalue weighted by atomic mass is 10.1. The highest BCUT2D eigenvalue weighted by Crippen LogP contribution is 2.28. The summed E-state index contributed by atoms with van der Waals surface area (Å²) in [5.41, 5.74) is 4.05. The Morgan fingerprint density at radius 3 is 2.70 bits per heavy atom. The Kier molecular flexibility index (Phi) is 5.32. The first-order valence-electron chi connectivity index (χ1n) is 9.28. The van der Waals surface area contributed by atoms with Crippen LogP contribution in [0.2, 0.25) is 0 Å². The van der Waals surface area contributed by atoms with Gasteiger partial charge < -0.3 is 5.32 Å². The van der Waals surface area contributed by atoms with Crippen LogP contribution >= 0.6 is 11.3 Å². The van der Waals surface area contributed by atoms with Crippen LogP contribution in [-0.4, -0.2) is 28.4 Å². The third-order valence-electron chi connectivity index (χ3n) is 4.70. The van der Waals surface area contributed by atoms with Crippen molar-refractivity contribution in [1.82, 2.24) is 9.88 Å². The van der Waals surface area contributed by atoms with E-state index in [1.165, 1.54) is 18.4 Å². The number of thiazole rings is 1. The fourth-order valence-electron chi connectivity index (χ4n) is 3.21. The van der Waals surface area contributed by atoms with Crippen molar-refractivity contribution in [3.8, 4) is 11.3 Å². The first-order valence-corrected chi connectivity index (χ1v) is 10.2. The van der Waals surface area contributed by atoms with Gasteiger partial charge >= 0.3 is 0 Å². The minimum absolute atomic E-state index is 0.0319. The van der Waals surface area contributed by atoms with Crippen LogP contribution in [0.4, 0.5) is 5.69 Å². The molecular formula is C22H23N3OS. The van der Waals surface area contributed by atoms with E-state index in [1.54, 1.807) is 11.3 Å². The highest BCUT2D eigenvalue weighted by Gasteiger charge is 2.30. The number of aromatic nitrogens is 1. The Labute approximate surface area is 163 Å². The summed E-state index contributed by atoms with van der Waals surface area (Å²) < 4.78 is 0. The maximum Gasteiger partial charge on any atom is 0.238 e. The molecule has 5 heteroatoms. The first kappa shape index (κ1) is 17.9. The van der Waals surface area contributed by atoms with Gasteiger partial charge in [0, 0.05) is 29.2 Å². The number of rotatable bonds is 7. The molecule has 138 valence electrons. The molecule has 0 saturated heterocycles. The van der Waals surface area contributed by atoms with Crippen molar-refractivity contribution < 1.29 is 4.79 Å². The van der Waals surface area contributed by atoms with E-state index >= 15 is 0 Å². The lowest BCUT2D eigenvalue weighted by Crippen LogP contribution is -2.34. The van der Waals surface area contributed by atoms with E-state index in [2.05, 4.69) is 27.3 Å². The van der Waals surface area contributed by atoms with Crippen molar-refractivity contribution >= 4 is 22.9 Å². The van der Waals surface area contributed by atoms with Gasteiger partial charge in [0.1, 0.15) is 0 Å². The van der Waals surface area contributed by atoms with Crippen LogP contribution in [0.1, 0.15) is 23.4 Å². The molecule has 1 aliphatic rings. The second-order valence-corrected chi connectivity index (χ2v) is 8.06. The van der Waals surface area contributed by atoms with Gasteiger partial charge in [0.2, 0.25) is 5.91 Å². The van der Waals surface area contributed by atoms with Gasteiger partial charge in [-0.1, -0.05) is 42.5 Å². The smallest absolute Gasteiger partial charge is 0.238 e. The quantitative estimate of drug-likeness (QED) is 0.648. The minimum atomic E-state index is 0.0319. The predicted molar refractivity (Wildman–Crippen MR) is 111 cm³/mol. The van der Waals surface area contributed by atoms with Crippen LogP contribution in [0.15, 0.2) is 60.0 Å². The maximum absolute atomic E-state index is 12.6. The summed E-state index contributed by atoms with van der Waals surface area (Å²) in [5.74, 6) is 0.0319. The SMILES string of the molecule is Cc1nc(-c2cccc(NC(=O)CN(Cc3ccccc3)C3CC3)c2)cs1. The van der Waals surface area contributed by atoms with Crippen molar-refractivity contribution in [2.75, 3.05) is 11.9 Å². The highest BCUT2D eigenvalue weighted by atomic mass is 32.1. The number of benzene rings is 2. The molecule has 4 nitrogen and oxygen atoms in total. The van der Waals surface area contributed by atoms with E-state index in [4.69, 9.17) is 0 Å². The molecule has 0 unspecified atom stereocenters. The molecule has 1 fully saturated rings. The summed E-state index contributed by atoms with van der Waals surface area (Å²) >= 11 is 1.63. The molecule has 0 bridgehead atoms. The van der Waals surface area contributed by atoms with Crippen LogP contribution in [0, 0.1) is 6.92 Å². The lowest BCUT2D eigenvalue weighted by Gasteiger charge is -2.21. The van der Waals surface area contributed by atoms with Crippen molar-refractivity contribution in [3.05, 3.63) is 70.5 Å². The van der Waals surface area contributed by atoms with Crippen molar-refractivity contribution in [2.24, 2.45) is 0 Å². The monoisotopic (exact) mass is 377 g/mol. The second kappa shape index (κ2) is 8.03. The van der Waals surface area contributed by atoms with E-state index in [1.807, 2.05) is 54.8 Å². The topological polar surface area (TPSA) is 45.2 Å². The number of anilines is 1. The zero-order valence-corrected chi connectivity index (χ0v) is 16.2. The number of carbonyl (C=O) groups is 1. The summed E-state index contributed by atoms with van der Waals surface area (Å²) in [6.07, 6.45) is 2.36. The number of amides is 1. The molecular weight excluding hydrogens is 354 g/mol. The third kappa shape index (κ3) is 4.81. The van der Waals surface area contributed by atoms with E-state index < -0.39 is 0 Å². The van der Waals surface area contributed by atoms with Gasteiger partial charge in [0.15, 0.2) is 0 Å². The van der Waals surface area contributed by atoms with E-state index in [9.17, 15) is 4.79 Å². The molecule has 1 aliphatic carbocycles. The van der Waals surface area contributed by atoms with Gasteiger partial charge in [0.25, 0.3) is 0 Å². The zero-order chi connectivity index (χ0) is 18.6. The molecule has 0 atom stereocenters. The average molecular weight is 378 g/mol. The fourth-order valence-corrected chi connectivity index (χ4v) is 3.83. The molecule has 3 aromatic rings. The highest BCUT2D eigenvalue weighted by molar-refractivity contribution is 7.09. The van der Waals surface area contributed by atoms with Gasteiger partial charge in [0.05, 0.1) is 17.2 Å². The molecule has 1 amide bonds. The van der Waals surface area contributed by atoms with Crippen molar-refractivity contribution in [2.45, 2.75) is 32.4 Å². The average Bonchev–Trinajstić information content (AvgIpc) is 3.43. The molecule has 1 heterocycles. The first-order chi connectivity index (χ1) is 13.2. The number of carbonyl (C=O) groups excluding carboxylic acids is 1. The summed E-state index contributed by atoms with van der Waals surface area (Å²) in [4.78, 5) is 19.4. The van der Waals surface area contributed by atoms with Gasteiger partial charge in [-0.3, -0.25) is 9.69 Å². The minimum Gasteiger partial charge on any atom is -0.325 e. The largest absolute Gasteiger partial charge is 0.325 e. The predicted octanol–water partition coefficient (Wildman–Crippen LogP) is 4.72. The number of hydrogen-bond acceptors (Lipinski definition) is 4. The van der Waals surface area contributed by atoms with Gasteiger partial charge in [-0.2, -0.15) is 0 Å². The summed E-state index contributed by atoms with van der Waals surface area (Å²) in [6, 6.07) is 18.8. The molecule has 1 saturated carbocycles. The normalized spacial score (nSPS) is 13.7. The van der Waals surface area contributed by atoms with Crippen LogP contribution in [-0.2, 0) is 11.3 Å². The molecule has 2 aromatic carbocycles. The van der Waals surface area contributed by atoms with Crippen molar-refractivity contribution in [1.29, 1.82) is 0 Å². The third-order valence-corrected chi connectivity index (χ3v) is 5.47. The Morgan fingerprint density at radius 1 is 1.19 bits per heavy atom. The molecule has 27 heavy (non-hydrogen) atoms.